The molecule has 0 unspecified atom stereocenters. The van der Waals surface area contributed by atoms with E-state index in [0.717, 1.165) is 5.56 Å². The number of aliphatic hydroxyl groups excluding tert-OH is 2. The van der Waals surface area contributed by atoms with Gasteiger partial charge in [-0.1, -0.05) is 35.4 Å². The predicted octanol–water partition coefficient (Wildman–Crippen LogP) is 1.74. The molecule has 3 fully saturated rings. The van der Waals surface area contributed by atoms with Crippen LogP contribution in [0.2, 0.25) is 0 Å². The fourth-order valence-corrected chi connectivity index (χ4v) is 5.38. The van der Waals surface area contributed by atoms with E-state index in [2.05, 4.69) is 10.0 Å². The Kier molecular flexibility index (Phi) is 7.12. The van der Waals surface area contributed by atoms with Gasteiger partial charge in [-0.25, -0.2) is 9.59 Å². The van der Waals surface area contributed by atoms with E-state index in [0.29, 0.717) is 0 Å². The van der Waals surface area contributed by atoms with Crippen molar-refractivity contribution in [2.45, 2.75) is 82.2 Å². The van der Waals surface area contributed by atoms with E-state index in [1.807, 2.05) is 18.2 Å². The number of hydrogen-bond acceptors (Lipinski definition) is 8. The number of esters is 1. The van der Waals surface area contributed by atoms with Gasteiger partial charge in [-0.3, -0.25) is 9.69 Å². The van der Waals surface area contributed by atoms with Gasteiger partial charge in [0.1, 0.15) is 30.4 Å². The normalized spacial score (nSPS) is 31.2. The highest BCUT2D eigenvalue weighted by molar-refractivity contribution is 5.92. The summed E-state index contributed by atoms with van der Waals surface area (Å²) in [6, 6.07) is 5.38. The summed E-state index contributed by atoms with van der Waals surface area (Å²) in [4.78, 5) is 45.2. The molecule has 1 saturated carbocycles. The minimum Gasteiger partial charge on any atom is -0.458 e. The average Bonchev–Trinajstić information content (AvgIpc) is 3.50. The van der Waals surface area contributed by atoms with Gasteiger partial charge in [0.25, 0.3) is 0 Å². The number of likely N-dealkylation sites (tertiary alicyclic amines) is 2. The summed E-state index contributed by atoms with van der Waals surface area (Å²) in [5, 5.41) is 24.7. The van der Waals surface area contributed by atoms with Crippen LogP contribution in [0, 0.1) is 5.92 Å². The summed E-state index contributed by atoms with van der Waals surface area (Å²) in [6.07, 6.45) is -2.90. The van der Waals surface area contributed by atoms with E-state index in [1.165, 1.54) is 9.80 Å². The molecule has 2 bridgehead atoms. The molecule has 1 aliphatic carbocycles. The first-order chi connectivity index (χ1) is 17.0. The van der Waals surface area contributed by atoms with Crippen LogP contribution in [0.3, 0.4) is 0 Å². The Bertz CT molecular complexity index is 1050. The number of fused-ring (bicyclic) bond motifs is 2. The second-order valence-electron chi connectivity index (χ2n) is 10.5. The molecule has 4 rings (SSSR count). The molecule has 3 aliphatic rings. The second-order valence-corrected chi connectivity index (χ2v) is 10.5. The number of hydrogen-bond donors (Lipinski definition) is 2. The SMILES string of the molecule is CC(C)(C)OC(=O)[C@@H]1[C@@H]2C[C@@H]([C@@H](O)[C@H]2O)N1C(=O)[C@@H]1C[C@H](N=[N+]=[N-])CN1C(=O)OCc1ccccc1. The lowest BCUT2D eigenvalue weighted by Gasteiger charge is -2.41. The van der Waals surface area contributed by atoms with E-state index in [9.17, 15) is 24.6 Å². The number of amides is 2. The number of aliphatic hydroxyl groups is 2. The number of ether oxygens (including phenoxy) is 2. The largest absolute Gasteiger partial charge is 0.458 e. The van der Waals surface area contributed by atoms with Gasteiger partial charge in [0.2, 0.25) is 5.91 Å². The number of azide groups is 1. The van der Waals surface area contributed by atoms with Crippen molar-refractivity contribution in [3.05, 3.63) is 46.3 Å². The van der Waals surface area contributed by atoms with Gasteiger partial charge in [0, 0.05) is 17.4 Å². The van der Waals surface area contributed by atoms with Crippen LogP contribution >= 0.6 is 0 Å². The molecule has 0 spiro atoms. The molecule has 2 saturated heterocycles. The molecule has 2 N–H and O–H groups in total. The maximum absolute atomic E-state index is 13.9. The smallest absolute Gasteiger partial charge is 0.410 e. The summed E-state index contributed by atoms with van der Waals surface area (Å²) in [6.45, 7) is 5.05. The first-order valence-corrected chi connectivity index (χ1v) is 11.9. The number of benzene rings is 1. The minimum atomic E-state index is -1.23. The Morgan fingerprint density at radius 1 is 1.14 bits per heavy atom. The van der Waals surface area contributed by atoms with Gasteiger partial charge in [-0.15, -0.1) is 0 Å². The van der Waals surface area contributed by atoms with Crippen molar-refractivity contribution < 1.29 is 34.1 Å². The first kappa shape index (κ1) is 25.7. The number of carbonyl (C=O) groups is 3. The lowest BCUT2D eigenvalue weighted by atomic mass is 9.93. The van der Waals surface area contributed by atoms with Crippen LogP contribution in [-0.2, 0) is 25.7 Å². The topological polar surface area (TPSA) is 165 Å². The maximum atomic E-state index is 13.9. The van der Waals surface area contributed by atoms with Crippen LogP contribution in [0.15, 0.2) is 35.4 Å². The van der Waals surface area contributed by atoms with E-state index >= 15 is 0 Å². The van der Waals surface area contributed by atoms with Gasteiger partial charge in [-0.2, -0.15) is 0 Å². The second kappa shape index (κ2) is 9.96. The van der Waals surface area contributed by atoms with E-state index in [-0.39, 0.29) is 26.0 Å². The maximum Gasteiger partial charge on any atom is 0.410 e. The first-order valence-electron chi connectivity index (χ1n) is 11.9. The summed E-state index contributed by atoms with van der Waals surface area (Å²) < 4.78 is 10.9. The predicted molar refractivity (Wildman–Crippen MR) is 125 cm³/mol. The van der Waals surface area contributed by atoms with Gasteiger partial charge in [0.15, 0.2) is 0 Å². The number of rotatable bonds is 5. The van der Waals surface area contributed by atoms with Gasteiger partial charge < -0.3 is 24.6 Å². The Hall–Kier alpha value is -3.34. The molecule has 1 aromatic carbocycles. The third-order valence-electron chi connectivity index (χ3n) is 6.88. The quantitative estimate of drug-likeness (QED) is 0.268. The molecule has 12 heteroatoms. The van der Waals surface area contributed by atoms with Crippen LogP contribution < -0.4 is 0 Å². The molecule has 36 heavy (non-hydrogen) atoms. The molecule has 2 aliphatic heterocycles. The van der Waals surface area contributed by atoms with Crippen molar-refractivity contribution in [2.75, 3.05) is 6.54 Å². The molecule has 12 nitrogen and oxygen atoms in total. The Labute approximate surface area is 208 Å². The van der Waals surface area contributed by atoms with E-state index in [4.69, 9.17) is 15.0 Å². The summed E-state index contributed by atoms with van der Waals surface area (Å²) in [7, 11) is 0. The van der Waals surface area contributed by atoms with Crippen LogP contribution in [0.5, 0.6) is 0 Å². The molecule has 2 heterocycles. The summed E-state index contributed by atoms with van der Waals surface area (Å²) in [5.74, 6) is -1.97. The Morgan fingerprint density at radius 2 is 1.83 bits per heavy atom. The monoisotopic (exact) mass is 501 g/mol. The van der Waals surface area contributed by atoms with Crippen molar-refractivity contribution in [2.24, 2.45) is 11.0 Å². The lowest BCUT2D eigenvalue weighted by Crippen LogP contribution is -2.62. The molecule has 194 valence electrons. The van der Waals surface area contributed by atoms with Crippen LogP contribution in [0.4, 0.5) is 4.79 Å². The van der Waals surface area contributed by atoms with Crippen LogP contribution in [-0.4, -0.2) is 86.5 Å². The molecule has 1 aromatic rings. The number of carbonyl (C=O) groups excluding carboxylic acids is 3. The highest BCUT2D eigenvalue weighted by Gasteiger charge is 2.62. The minimum absolute atomic E-state index is 0.0108. The number of piperidine rings is 1. The average molecular weight is 502 g/mol. The highest BCUT2D eigenvalue weighted by atomic mass is 16.6. The summed E-state index contributed by atoms with van der Waals surface area (Å²) >= 11 is 0. The summed E-state index contributed by atoms with van der Waals surface area (Å²) in [5.41, 5.74) is 8.85. The van der Waals surface area contributed by atoms with Gasteiger partial charge >= 0.3 is 12.1 Å². The van der Waals surface area contributed by atoms with Crippen LogP contribution in [0.1, 0.15) is 39.2 Å². The fourth-order valence-electron chi connectivity index (χ4n) is 5.38. The molecular formula is C24H31N5O7. The molecule has 0 radical (unpaired) electrons. The number of nitrogens with zero attached hydrogens (tertiary/aromatic N) is 5. The van der Waals surface area contributed by atoms with E-state index in [1.54, 1.807) is 32.9 Å². The molecular weight excluding hydrogens is 470 g/mol. The highest BCUT2D eigenvalue weighted by Crippen LogP contribution is 2.45. The zero-order chi connectivity index (χ0) is 26.2. The van der Waals surface area contributed by atoms with Gasteiger partial charge in [-0.05, 0) is 44.7 Å². The van der Waals surface area contributed by atoms with Crippen LogP contribution in [0.25, 0.3) is 10.4 Å². The lowest BCUT2D eigenvalue weighted by molar-refractivity contribution is -0.175. The van der Waals surface area contributed by atoms with Crippen molar-refractivity contribution in [1.82, 2.24) is 9.80 Å². The van der Waals surface area contributed by atoms with Crippen molar-refractivity contribution >= 4 is 18.0 Å². The third-order valence-corrected chi connectivity index (χ3v) is 6.88. The molecule has 2 amide bonds. The van der Waals surface area contributed by atoms with Gasteiger partial charge in [0.05, 0.1) is 18.2 Å². The third kappa shape index (κ3) is 4.97. The zero-order valence-corrected chi connectivity index (χ0v) is 20.4. The zero-order valence-electron chi connectivity index (χ0n) is 20.4. The van der Waals surface area contributed by atoms with Crippen molar-refractivity contribution in [1.29, 1.82) is 0 Å². The molecule has 7 atom stereocenters. The Balaban J connectivity index is 1.58. The van der Waals surface area contributed by atoms with E-state index < -0.39 is 65.9 Å². The standard InChI is InChI=1S/C24H31N5O7/c1-24(2,3)36-22(33)18-15-10-16(20(31)19(15)30)29(18)21(32)17-9-14(26-27-25)11-28(17)23(34)35-12-13-7-5-4-6-8-13/h4-8,14-20,30-31H,9-12H2,1-3H3/t14-,15-,16-,17-,18-,19-,20+/m0/s1. The Morgan fingerprint density at radius 3 is 2.47 bits per heavy atom. The van der Waals surface area contributed by atoms with Crippen molar-refractivity contribution in [3.63, 3.8) is 0 Å². The van der Waals surface area contributed by atoms with Crippen molar-refractivity contribution in [3.8, 4) is 0 Å². The fraction of sp³-hybridized carbons (Fsp3) is 0.625. The molecule has 0 aromatic heterocycles.